The van der Waals surface area contributed by atoms with Crippen molar-refractivity contribution in [3.63, 3.8) is 0 Å². The molecule has 0 atom stereocenters. The van der Waals surface area contributed by atoms with Crippen LogP contribution in [0.25, 0.3) is 0 Å². The van der Waals surface area contributed by atoms with Gasteiger partial charge in [0.25, 0.3) is 0 Å². The molecule has 1 aromatic carbocycles. The largest absolute Gasteiger partial charge is 0.355 e. The van der Waals surface area contributed by atoms with Crippen LogP contribution >= 0.6 is 0 Å². The number of unbranched alkanes of at least 4 members (excludes halogenated alkanes) is 3. The molecule has 1 rings (SSSR count). The lowest BCUT2D eigenvalue weighted by Gasteiger charge is -2.24. The predicted molar refractivity (Wildman–Crippen MR) is 80.0 cm³/mol. The van der Waals surface area contributed by atoms with Gasteiger partial charge in [-0.3, -0.25) is 4.79 Å². The van der Waals surface area contributed by atoms with Gasteiger partial charge in [-0.05, 0) is 38.8 Å². The fourth-order valence-electron chi connectivity index (χ4n) is 2.03. The molecule has 3 heteroatoms. The topological polar surface area (TPSA) is 55.1 Å². The number of hydrogen-bond acceptors (Lipinski definition) is 2. The molecule has 1 amide bonds. The molecule has 3 nitrogen and oxygen atoms in total. The third-order valence-corrected chi connectivity index (χ3v) is 3.48. The number of amides is 1. The van der Waals surface area contributed by atoms with E-state index in [0.717, 1.165) is 44.3 Å². The van der Waals surface area contributed by atoms with Crippen LogP contribution in [0.1, 0.15) is 45.1 Å². The zero-order valence-electron chi connectivity index (χ0n) is 12.1. The number of carbonyl (C=O) groups excluding carboxylic acids is 1. The number of hydrogen-bond donors (Lipinski definition) is 2. The molecule has 0 aliphatic rings. The van der Waals surface area contributed by atoms with Crippen molar-refractivity contribution in [2.45, 2.75) is 44.9 Å². The Balaban J connectivity index is 2.36. The minimum atomic E-state index is -0.474. The number of benzene rings is 1. The van der Waals surface area contributed by atoms with Crippen LogP contribution in [0.5, 0.6) is 0 Å². The van der Waals surface area contributed by atoms with E-state index in [1.165, 1.54) is 0 Å². The van der Waals surface area contributed by atoms with Crippen molar-refractivity contribution in [3.8, 4) is 0 Å². The van der Waals surface area contributed by atoms with Gasteiger partial charge in [0.05, 0.1) is 5.41 Å². The molecule has 0 saturated carbocycles. The third kappa shape index (κ3) is 5.03. The van der Waals surface area contributed by atoms with Crippen LogP contribution in [0.3, 0.4) is 0 Å². The standard InChI is InChI=1S/C16H26N2O/c1-16(2,14-10-6-5-7-11-14)15(19)18-13-9-4-3-8-12-17/h5-7,10-11H,3-4,8-9,12-13,17H2,1-2H3,(H,18,19). The Labute approximate surface area is 116 Å². The minimum absolute atomic E-state index is 0.0949. The third-order valence-electron chi connectivity index (χ3n) is 3.48. The molecule has 0 radical (unpaired) electrons. The van der Waals surface area contributed by atoms with Crippen molar-refractivity contribution in [2.24, 2.45) is 5.73 Å². The Bertz CT molecular complexity index is 374. The number of nitrogens with one attached hydrogen (secondary N) is 1. The van der Waals surface area contributed by atoms with Crippen molar-refractivity contribution in [3.05, 3.63) is 35.9 Å². The van der Waals surface area contributed by atoms with Crippen LogP contribution in [0, 0.1) is 0 Å². The van der Waals surface area contributed by atoms with Crippen LogP contribution in [-0.2, 0) is 10.2 Å². The van der Waals surface area contributed by atoms with E-state index in [-0.39, 0.29) is 5.91 Å². The Kier molecular flexibility index (Phi) is 6.57. The van der Waals surface area contributed by atoms with Gasteiger partial charge in [-0.25, -0.2) is 0 Å². The molecule has 0 aromatic heterocycles. The molecule has 0 spiro atoms. The first-order valence-corrected chi connectivity index (χ1v) is 7.13. The summed E-state index contributed by atoms with van der Waals surface area (Å²) in [5.41, 5.74) is 6.02. The summed E-state index contributed by atoms with van der Waals surface area (Å²) >= 11 is 0. The molecule has 0 aliphatic heterocycles. The highest BCUT2D eigenvalue weighted by atomic mass is 16.2. The van der Waals surface area contributed by atoms with Crippen molar-refractivity contribution in [2.75, 3.05) is 13.1 Å². The average molecular weight is 262 g/mol. The Morgan fingerprint density at radius 2 is 1.74 bits per heavy atom. The first-order chi connectivity index (χ1) is 9.09. The normalized spacial score (nSPS) is 11.3. The highest BCUT2D eigenvalue weighted by Crippen LogP contribution is 2.22. The molecule has 3 N–H and O–H groups in total. The molecule has 0 bridgehead atoms. The maximum Gasteiger partial charge on any atom is 0.230 e. The van der Waals surface area contributed by atoms with Gasteiger partial charge in [0.15, 0.2) is 0 Å². The Morgan fingerprint density at radius 3 is 2.37 bits per heavy atom. The van der Waals surface area contributed by atoms with Gasteiger partial charge in [0.1, 0.15) is 0 Å². The second-order valence-corrected chi connectivity index (χ2v) is 5.45. The molecule has 1 aromatic rings. The fourth-order valence-corrected chi connectivity index (χ4v) is 2.03. The van der Waals surface area contributed by atoms with Crippen LogP contribution in [0.2, 0.25) is 0 Å². The van der Waals surface area contributed by atoms with E-state index >= 15 is 0 Å². The molecule has 0 heterocycles. The SMILES string of the molecule is CC(C)(C(=O)NCCCCCCN)c1ccccc1. The Morgan fingerprint density at radius 1 is 1.11 bits per heavy atom. The van der Waals surface area contributed by atoms with E-state index in [2.05, 4.69) is 5.32 Å². The zero-order chi connectivity index (χ0) is 14.1. The first-order valence-electron chi connectivity index (χ1n) is 7.13. The van der Waals surface area contributed by atoms with Crippen molar-refractivity contribution < 1.29 is 4.79 Å². The lowest BCUT2D eigenvalue weighted by molar-refractivity contribution is -0.125. The molecule has 0 aliphatic carbocycles. The fraction of sp³-hybridized carbons (Fsp3) is 0.562. The van der Waals surface area contributed by atoms with Gasteiger partial charge >= 0.3 is 0 Å². The lowest BCUT2D eigenvalue weighted by atomic mass is 9.84. The van der Waals surface area contributed by atoms with E-state index in [9.17, 15) is 4.79 Å². The first kappa shape index (κ1) is 15.7. The maximum atomic E-state index is 12.2. The summed E-state index contributed by atoms with van der Waals surface area (Å²) in [6, 6.07) is 9.91. The molecule has 0 saturated heterocycles. The van der Waals surface area contributed by atoms with Crippen LogP contribution in [0.15, 0.2) is 30.3 Å². The summed E-state index contributed by atoms with van der Waals surface area (Å²) in [5, 5.41) is 3.03. The van der Waals surface area contributed by atoms with Gasteiger partial charge < -0.3 is 11.1 Å². The zero-order valence-corrected chi connectivity index (χ0v) is 12.1. The van der Waals surface area contributed by atoms with E-state index in [0.29, 0.717) is 0 Å². The number of carbonyl (C=O) groups is 1. The average Bonchev–Trinajstić information content (AvgIpc) is 2.43. The van der Waals surface area contributed by atoms with Crippen LogP contribution in [0.4, 0.5) is 0 Å². The van der Waals surface area contributed by atoms with E-state index in [1.807, 2.05) is 44.2 Å². The van der Waals surface area contributed by atoms with Crippen LogP contribution < -0.4 is 11.1 Å². The van der Waals surface area contributed by atoms with E-state index in [1.54, 1.807) is 0 Å². The second-order valence-electron chi connectivity index (χ2n) is 5.45. The monoisotopic (exact) mass is 262 g/mol. The predicted octanol–water partition coefficient (Wildman–Crippen LogP) is 2.60. The van der Waals surface area contributed by atoms with Gasteiger partial charge in [0.2, 0.25) is 5.91 Å². The Hall–Kier alpha value is -1.35. The van der Waals surface area contributed by atoms with E-state index < -0.39 is 5.41 Å². The van der Waals surface area contributed by atoms with Crippen molar-refractivity contribution in [1.29, 1.82) is 0 Å². The molecule has 106 valence electrons. The summed E-state index contributed by atoms with van der Waals surface area (Å²) in [5.74, 6) is 0.0949. The van der Waals surface area contributed by atoms with Crippen molar-refractivity contribution in [1.82, 2.24) is 5.32 Å². The molecule has 19 heavy (non-hydrogen) atoms. The quantitative estimate of drug-likeness (QED) is 0.708. The summed E-state index contributed by atoms with van der Waals surface area (Å²) in [6.45, 7) is 5.44. The van der Waals surface area contributed by atoms with Crippen LogP contribution in [-0.4, -0.2) is 19.0 Å². The minimum Gasteiger partial charge on any atom is -0.355 e. The molecule has 0 unspecified atom stereocenters. The second kappa shape index (κ2) is 7.95. The van der Waals surface area contributed by atoms with Gasteiger partial charge in [-0.1, -0.05) is 43.2 Å². The summed E-state index contributed by atoms with van der Waals surface area (Å²) < 4.78 is 0. The smallest absolute Gasteiger partial charge is 0.230 e. The molecule has 0 fully saturated rings. The van der Waals surface area contributed by atoms with Crippen molar-refractivity contribution >= 4 is 5.91 Å². The summed E-state index contributed by atoms with van der Waals surface area (Å²) in [7, 11) is 0. The lowest BCUT2D eigenvalue weighted by Crippen LogP contribution is -2.40. The van der Waals surface area contributed by atoms with E-state index in [4.69, 9.17) is 5.73 Å². The molecular formula is C16H26N2O. The van der Waals surface area contributed by atoms with Gasteiger partial charge in [-0.15, -0.1) is 0 Å². The maximum absolute atomic E-state index is 12.2. The summed E-state index contributed by atoms with van der Waals surface area (Å²) in [4.78, 5) is 12.2. The highest BCUT2D eigenvalue weighted by molar-refractivity contribution is 5.87. The van der Waals surface area contributed by atoms with Gasteiger partial charge in [0, 0.05) is 6.54 Å². The molecular weight excluding hydrogens is 236 g/mol. The number of nitrogens with two attached hydrogens (primary N) is 1. The van der Waals surface area contributed by atoms with Gasteiger partial charge in [-0.2, -0.15) is 0 Å². The summed E-state index contributed by atoms with van der Waals surface area (Å²) in [6.07, 6.45) is 4.37. The number of rotatable bonds is 8. The highest BCUT2D eigenvalue weighted by Gasteiger charge is 2.28.